The molecule has 0 aromatic heterocycles. The van der Waals surface area contributed by atoms with E-state index in [1.165, 1.54) is 0 Å². The van der Waals surface area contributed by atoms with E-state index in [1.807, 2.05) is 24.3 Å². The van der Waals surface area contributed by atoms with Crippen molar-refractivity contribution in [3.8, 4) is 0 Å². The summed E-state index contributed by atoms with van der Waals surface area (Å²) in [4.78, 5) is 14.2. The van der Waals surface area contributed by atoms with Gasteiger partial charge < -0.3 is 14.8 Å². The van der Waals surface area contributed by atoms with Crippen molar-refractivity contribution in [2.24, 2.45) is 5.16 Å². The molecular weight excluding hydrogens is 244 g/mol. The van der Waals surface area contributed by atoms with Gasteiger partial charge in [-0.15, -0.1) is 0 Å². The van der Waals surface area contributed by atoms with Gasteiger partial charge in [-0.2, -0.15) is 0 Å². The van der Waals surface area contributed by atoms with Crippen molar-refractivity contribution in [2.45, 2.75) is 25.4 Å². The number of carbonyl (C=O) groups excluding carboxylic acids is 1. The zero-order valence-corrected chi connectivity index (χ0v) is 10.6. The molecule has 1 fully saturated rings. The molecule has 5 nitrogen and oxygen atoms in total. The Morgan fingerprint density at radius 2 is 2.26 bits per heavy atom. The van der Waals surface area contributed by atoms with Crippen LogP contribution in [0.2, 0.25) is 0 Å². The Balaban J connectivity index is 1.93. The molecule has 19 heavy (non-hydrogen) atoms. The summed E-state index contributed by atoms with van der Waals surface area (Å²) in [6, 6.07) is 7.52. The van der Waals surface area contributed by atoms with E-state index in [-0.39, 0.29) is 12.0 Å². The third-order valence-electron chi connectivity index (χ3n) is 3.67. The van der Waals surface area contributed by atoms with E-state index in [4.69, 9.17) is 9.94 Å². The SMILES string of the molecule is O=C(C1CCCO1)N1CCC(=NO)c2ccccc21. The first-order valence-electron chi connectivity index (χ1n) is 6.54. The van der Waals surface area contributed by atoms with Gasteiger partial charge in [0.15, 0.2) is 0 Å². The van der Waals surface area contributed by atoms with Crippen molar-refractivity contribution in [1.29, 1.82) is 0 Å². The van der Waals surface area contributed by atoms with E-state index in [0.717, 1.165) is 24.1 Å². The number of oxime groups is 1. The topological polar surface area (TPSA) is 62.1 Å². The molecule has 2 aliphatic heterocycles. The predicted molar refractivity (Wildman–Crippen MR) is 70.7 cm³/mol. The third kappa shape index (κ3) is 2.10. The van der Waals surface area contributed by atoms with E-state index in [2.05, 4.69) is 5.16 Å². The van der Waals surface area contributed by atoms with Gasteiger partial charge in [-0.1, -0.05) is 23.4 Å². The number of rotatable bonds is 1. The first-order valence-corrected chi connectivity index (χ1v) is 6.54. The molecule has 1 amide bonds. The summed E-state index contributed by atoms with van der Waals surface area (Å²) in [5.41, 5.74) is 2.26. The van der Waals surface area contributed by atoms with Crippen molar-refractivity contribution in [2.75, 3.05) is 18.1 Å². The Hall–Kier alpha value is -1.88. The number of nitrogens with zero attached hydrogens (tertiary/aromatic N) is 2. The summed E-state index contributed by atoms with van der Waals surface area (Å²) in [7, 11) is 0. The number of ether oxygens (including phenoxy) is 1. The van der Waals surface area contributed by atoms with Gasteiger partial charge in [0, 0.05) is 25.1 Å². The molecule has 0 radical (unpaired) electrons. The van der Waals surface area contributed by atoms with Crippen LogP contribution in [-0.4, -0.2) is 36.1 Å². The lowest BCUT2D eigenvalue weighted by Gasteiger charge is -2.31. The largest absolute Gasteiger partial charge is 0.411 e. The second kappa shape index (κ2) is 5.01. The second-order valence-corrected chi connectivity index (χ2v) is 4.81. The van der Waals surface area contributed by atoms with E-state index < -0.39 is 0 Å². The minimum Gasteiger partial charge on any atom is -0.411 e. The van der Waals surface area contributed by atoms with Crippen LogP contribution in [0.3, 0.4) is 0 Å². The van der Waals surface area contributed by atoms with Crippen LogP contribution in [0.4, 0.5) is 5.69 Å². The summed E-state index contributed by atoms with van der Waals surface area (Å²) in [6.45, 7) is 1.20. The standard InChI is InChI=1S/C14H16N2O3/c17-14(13-6-3-9-19-13)16-8-7-11(15-18)10-4-1-2-5-12(10)16/h1-2,4-5,13,18H,3,6-9H2. The van der Waals surface area contributed by atoms with Crippen LogP contribution in [0.1, 0.15) is 24.8 Å². The van der Waals surface area contributed by atoms with Crippen molar-refractivity contribution in [1.82, 2.24) is 0 Å². The average molecular weight is 260 g/mol. The predicted octanol–water partition coefficient (Wildman–Crippen LogP) is 1.78. The maximum atomic E-state index is 12.5. The van der Waals surface area contributed by atoms with E-state index >= 15 is 0 Å². The molecule has 1 aromatic rings. The summed E-state index contributed by atoms with van der Waals surface area (Å²) < 4.78 is 5.47. The fourth-order valence-corrected chi connectivity index (χ4v) is 2.70. The van der Waals surface area contributed by atoms with Gasteiger partial charge in [-0.3, -0.25) is 4.79 Å². The Morgan fingerprint density at radius 1 is 1.42 bits per heavy atom. The Morgan fingerprint density at radius 3 is 3.00 bits per heavy atom. The molecule has 3 rings (SSSR count). The molecule has 1 saturated heterocycles. The average Bonchev–Trinajstić information content (AvgIpc) is 2.99. The lowest BCUT2D eigenvalue weighted by Crippen LogP contribution is -2.43. The van der Waals surface area contributed by atoms with Crippen molar-refractivity contribution in [3.05, 3.63) is 29.8 Å². The number of anilines is 1. The zero-order valence-electron chi connectivity index (χ0n) is 10.6. The molecule has 1 unspecified atom stereocenters. The normalized spacial score (nSPS) is 24.5. The monoisotopic (exact) mass is 260 g/mol. The molecule has 0 aliphatic carbocycles. The smallest absolute Gasteiger partial charge is 0.256 e. The Kier molecular flexibility index (Phi) is 3.21. The highest BCUT2D eigenvalue weighted by atomic mass is 16.5. The zero-order chi connectivity index (χ0) is 13.2. The third-order valence-corrected chi connectivity index (χ3v) is 3.67. The number of fused-ring (bicyclic) bond motifs is 1. The van der Waals surface area contributed by atoms with Crippen molar-refractivity contribution < 1.29 is 14.7 Å². The minimum absolute atomic E-state index is 0.0157. The van der Waals surface area contributed by atoms with Gasteiger partial charge in [-0.25, -0.2) is 0 Å². The molecule has 0 spiro atoms. The van der Waals surface area contributed by atoms with Crippen LogP contribution < -0.4 is 4.90 Å². The van der Waals surface area contributed by atoms with E-state index in [9.17, 15) is 4.79 Å². The Bertz CT molecular complexity index is 521. The molecule has 5 heteroatoms. The molecule has 2 heterocycles. The van der Waals surface area contributed by atoms with Crippen LogP contribution in [0, 0.1) is 0 Å². The molecule has 1 N–H and O–H groups in total. The Labute approximate surface area is 111 Å². The first kappa shape index (κ1) is 12.2. The fourth-order valence-electron chi connectivity index (χ4n) is 2.70. The van der Waals surface area contributed by atoms with Gasteiger partial charge in [0.25, 0.3) is 5.91 Å². The summed E-state index contributed by atoms with van der Waals surface area (Å²) in [5.74, 6) is 0.0157. The number of hydrogen-bond acceptors (Lipinski definition) is 4. The van der Waals surface area contributed by atoms with Gasteiger partial charge >= 0.3 is 0 Å². The highest BCUT2D eigenvalue weighted by molar-refractivity contribution is 6.11. The fraction of sp³-hybridized carbons (Fsp3) is 0.429. The van der Waals surface area contributed by atoms with Crippen molar-refractivity contribution >= 4 is 17.3 Å². The summed E-state index contributed by atoms with van der Waals surface area (Å²) >= 11 is 0. The molecule has 100 valence electrons. The first-order chi connectivity index (χ1) is 9.31. The molecular formula is C14H16N2O3. The maximum Gasteiger partial charge on any atom is 0.256 e. The van der Waals surface area contributed by atoms with Crippen LogP contribution in [-0.2, 0) is 9.53 Å². The highest BCUT2D eigenvalue weighted by Crippen LogP contribution is 2.29. The molecule has 2 aliphatic rings. The second-order valence-electron chi connectivity index (χ2n) is 4.81. The molecule has 0 bridgehead atoms. The lowest BCUT2D eigenvalue weighted by atomic mass is 9.99. The maximum absolute atomic E-state index is 12.5. The van der Waals surface area contributed by atoms with Crippen LogP contribution in [0.5, 0.6) is 0 Å². The summed E-state index contributed by atoms with van der Waals surface area (Å²) in [6.07, 6.45) is 1.97. The van der Waals surface area contributed by atoms with Crippen molar-refractivity contribution in [3.63, 3.8) is 0 Å². The lowest BCUT2D eigenvalue weighted by molar-refractivity contribution is -0.127. The molecule has 0 saturated carbocycles. The molecule has 1 atom stereocenters. The number of amides is 1. The van der Waals surface area contributed by atoms with Gasteiger partial charge in [0.1, 0.15) is 6.10 Å². The van der Waals surface area contributed by atoms with Gasteiger partial charge in [0.05, 0.1) is 11.4 Å². The highest BCUT2D eigenvalue weighted by Gasteiger charge is 2.32. The molecule has 1 aromatic carbocycles. The number of benzene rings is 1. The van der Waals surface area contributed by atoms with Gasteiger partial charge in [0.2, 0.25) is 0 Å². The van der Waals surface area contributed by atoms with E-state index in [1.54, 1.807) is 4.90 Å². The van der Waals surface area contributed by atoms with Crippen LogP contribution in [0.25, 0.3) is 0 Å². The minimum atomic E-state index is -0.319. The van der Waals surface area contributed by atoms with Gasteiger partial charge in [-0.05, 0) is 18.9 Å². The summed E-state index contributed by atoms with van der Waals surface area (Å²) in [5, 5.41) is 12.4. The number of hydrogen-bond donors (Lipinski definition) is 1. The number of para-hydroxylation sites is 1. The number of carbonyl (C=O) groups is 1. The van der Waals surface area contributed by atoms with Crippen LogP contribution in [0.15, 0.2) is 29.4 Å². The quantitative estimate of drug-likeness (QED) is 0.618. The van der Waals surface area contributed by atoms with E-state index in [0.29, 0.717) is 25.3 Å². The van der Waals surface area contributed by atoms with Crippen LogP contribution >= 0.6 is 0 Å².